The second-order valence-corrected chi connectivity index (χ2v) is 5.12. The summed E-state index contributed by atoms with van der Waals surface area (Å²) in [5.41, 5.74) is -0.260. The Morgan fingerprint density at radius 1 is 1.61 bits per heavy atom. The molecule has 1 aromatic rings. The summed E-state index contributed by atoms with van der Waals surface area (Å²) in [7, 11) is 0. The zero-order valence-corrected chi connectivity index (χ0v) is 11.4. The lowest BCUT2D eigenvalue weighted by atomic mass is 10.2. The highest BCUT2D eigenvalue weighted by Gasteiger charge is 2.22. The predicted molar refractivity (Wildman–Crippen MR) is 70.0 cm³/mol. The molecule has 5 nitrogen and oxygen atoms in total. The standard InChI is InChI=1S/C12H18ClN3O2/c1-9(2)15-5-6-18-10(7-15)8-16-4-3-14-11(13)12(16)17/h3-4,9-10H,5-8H2,1-2H3. The molecule has 0 aliphatic carbocycles. The van der Waals surface area contributed by atoms with Crippen LogP contribution in [0.1, 0.15) is 13.8 Å². The molecule has 0 aromatic carbocycles. The first kappa shape index (κ1) is 13.5. The van der Waals surface area contributed by atoms with E-state index in [9.17, 15) is 4.79 Å². The number of nitrogens with zero attached hydrogens (tertiary/aromatic N) is 3. The van der Waals surface area contributed by atoms with Gasteiger partial charge >= 0.3 is 0 Å². The summed E-state index contributed by atoms with van der Waals surface area (Å²) in [5.74, 6) is 0. The molecule has 1 aliphatic rings. The number of aromatic nitrogens is 2. The van der Waals surface area contributed by atoms with Gasteiger partial charge in [0.05, 0.1) is 19.3 Å². The molecule has 0 amide bonds. The van der Waals surface area contributed by atoms with Crippen molar-refractivity contribution in [1.29, 1.82) is 0 Å². The van der Waals surface area contributed by atoms with Gasteiger partial charge < -0.3 is 9.30 Å². The van der Waals surface area contributed by atoms with Crippen LogP contribution in [0.15, 0.2) is 17.2 Å². The van der Waals surface area contributed by atoms with Gasteiger partial charge in [0.2, 0.25) is 0 Å². The van der Waals surface area contributed by atoms with Gasteiger partial charge in [0.25, 0.3) is 5.56 Å². The number of hydrogen-bond donors (Lipinski definition) is 0. The Labute approximate surface area is 111 Å². The molecule has 1 unspecified atom stereocenters. The van der Waals surface area contributed by atoms with Gasteiger partial charge in [0.15, 0.2) is 5.15 Å². The third-order valence-electron chi connectivity index (χ3n) is 3.17. The van der Waals surface area contributed by atoms with Crippen molar-refractivity contribution in [3.63, 3.8) is 0 Å². The zero-order valence-electron chi connectivity index (χ0n) is 10.7. The molecule has 0 N–H and O–H groups in total. The lowest BCUT2D eigenvalue weighted by Crippen LogP contribution is -2.47. The normalized spacial score (nSPS) is 21.4. The van der Waals surface area contributed by atoms with Crippen molar-refractivity contribution in [2.75, 3.05) is 19.7 Å². The first-order valence-corrected chi connectivity index (χ1v) is 6.52. The number of morpholine rings is 1. The van der Waals surface area contributed by atoms with Crippen molar-refractivity contribution >= 4 is 11.6 Å². The fourth-order valence-corrected chi connectivity index (χ4v) is 2.27. The number of rotatable bonds is 3. The van der Waals surface area contributed by atoms with E-state index in [-0.39, 0.29) is 16.8 Å². The quantitative estimate of drug-likeness (QED) is 0.823. The van der Waals surface area contributed by atoms with Gasteiger partial charge in [-0.1, -0.05) is 11.6 Å². The van der Waals surface area contributed by atoms with Crippen molar-refractivity contribution in [3.8, 4) is 0 Å². The average Bonchev–Trinajstić information content (AvgIpc) is 2.35. The predicted octanol–water partition coefficient (Wildman–Crippen LogP) is 1.01. The molecule has 1 aromatic heterocycles. The lowest BCUT2D eigenvalue weighted by molar-refractivity contribution is -0.0460. The second kappa shape index (κ2) is 5.82. The molecule has 1 fully saturated rings. The lowest BCUT2D eigenvalue weighted by Gasteiger charge is -2.35. The van der Waals surface area contributed by atoms with Crippen molar-refractivity contribution in [2.45, 2.75) is 32.5 Å². The van der Waals surface area contributed by atoms with Gasteiger partial charge in [-0.05, 0) is 13.8 Å². The van der Waals surface area contributed by atoms with Crippen LogP contribution in [-0.4, -0.2) is 46.3 Å². The SMILES string of the molecule is CC(C)N1CCOC(Cn2ccnc(Cl)c2=O)C1. The minimum atomic E-state index is -0.260. The number of ether oxygens (including phenoxy) is 1. The first-order valence-electron chi connectivity index (χ1n) is 6.14. The van der Waals surface area contributed by atoms with E-state index in [1.54, 1.807) is 10.8 Å². The van der Waals surface area contributed by atoms with Gasteiger partial charge in [-0.3, -0.25) is 9.69 Å². The molecule has 1 atom stereocenters. The molecule has 0 radical (unpaired) electrons. The van der Waals surface area contributed by atoms with Gasteiger partial charge in [0.1, 0.15) is 0 Å². The van der Waals surface area contributed by atoms with Gasteiger partial charge in [-0.15, -0.1) is 0 Å². The Bertz CT molecular complexity index is 461. The summed E-state index contributed by atoms with van der Waals surface area (Å²) in [6.07, 6.45) is 3.20. The molecule has 6 heteroatoms. The van der Waals surface area contributed by atoms with Crippen LogP contribution < -0.4 is 5.56 Å². The Balaban J connectivity index is 2.05. The summed E-state index contributed by atoms with van der Waals surface area (Å²) in [6.45, 7) is 7.33. The molecule has 0 bridgehead atoms. The summed E-state index contributed by atoms with van der Waals surface area (Å²) < 4.78 is 7.25. The molecular weight excluding hydrogens is 254 g/mol. The minimum absolute atomic E-state index is 0.00836. The maximum Gasteiger partial charge on any atom is 0.288 e. The number of hydrogen-bond acceptors (Lipinski definition) is 4. The Hall–Kier alpha value is -0.910. The van der Waals surface area contributed by atoms with Crippen LogP contribution in [0, 0.1) is 0 Å². The van der Waals surface area contributed by atoms with Crippen LogP contribution in [0.5, 0.6) is 0 Å². The van der Waals surface area contributed by atoms with Crippen LogP contribution in [0.4, 0.5) is 0 Å². The van der Waals surface area contributed by atoms with E-state index in [1.165, 1.54) is 6.20 Å². The van der Waals surface area contributed by atoms with E-state index >= 15 is 0 Å². The van der Waals surface area contributed by atoms with E-state index in [0.29, 0.717) is 19.2 Å². The highest BCUT2D eigenvalue weighted by atomic mass is 35.5. The molecule has 1 aliphatic heterocycles. The van der Waals surface area contributed by atoms with E-state index < -0.39 is 0 Å². The van der Waals surface area contributed by atoms with E-state index in [4.69, 9.17) is 16.3 Å². The minimum Gasteiger partial charge on any atom is -0.374 e. The Morgan fingerprint density at radius 3 is 3.11 bits per heavy atom. The van der Waals surface area contributed by atoms with E-state index in [2.05, 4.69) is 23.7 Å². The highest BCUT2D eigenvalue weighted by Crippen LogP contribution is 2.10. The third kappa shape index (κ3) is 3.10. The zero-order chi connectivity index (χ0) is 13.1. The van der Waals surface area contributed by atoms with Crippen molar-refractivity contribution in [1.82, 2.24) is 14.5 Å². The summed E-state index contributed by atoms with van der Waals surface area (Å²) >= 11 is 5.71. The molecule has 0 spiro atoms. The molecule has 1 saturated heterocycles. The van der Waals surface area contributed by atoms with Crippen molar-refractivity contribution < 1.29 is 4.74 Å². The molecule has 0 saturated carbocycles. The van der Waals surface area contributed by atoms with Crippen LogP contribution in [0.3, 0.4) is 0 Å². The monoisotopic (exact) mass is 271 g/mol. The first-order chi connectivity index (χ1) is 8.58. The van der Waals surface area contributed by atoms with Crippen LogP contribution in [-0.2, 0) is 11.3 Å². The Morgan fingerprint density at radius 2 is 2.39 bits per heavy atom. The summed E-state index contributed by atoms with van der Waals surface area (Å²) in [6, 6.07) is 0.495. The average molecular weight is 272 g/mol. The molecule has 2 heterocycles. The summed E-state index contributed by atoms with van der Waals surface area (Å²) in [5, 5.41) is 0.00836. The van der Waals surface area contributed by atoms with Gasteiger partial charge in [-0.25, -0.2) is 4.98 Å². The molecule has 100 valence electrons. The fourth-order valence-electron chi connectivity index (χ4n) is 2.11. The van der Waals surface area contributed by atoms with Crippen LogP contribution in [0.2, 0.25) is 5.15 Å². The third-order valence-corrected chi connectivity index (χ3v) is 3.43. The van der Waals surface area contributed by atoms with E-state index in [1.807, 2.05) is 0 Å². The maximum absolute atomic E-state index is 11.8. The van der Waals surface area contributed by atoms with Crippen molar-refractivity contribution in [2.24, 2.45) is 0 Å². The second-order valence-electron chi connectivity index (χ2n) is 4.76. The smallest absolute Gasteiger partial charge is 0.288 e. The van der Waals surface area contributed by atoms with Gasteiger partial charge in [0, 0.05) is 31.5 Å². The van der Waals surface area contributed by atoms with E-state index in [0.717, 1.165) is 13.1 Å². The number of halogens is 1. The molecule has 2 rings (SSSR count). The van der Waals surface area contributed by atoms with Crippen molar-refractivity contribution in [3.05, 3.63) is 27.9 Å². The summed E-state index contributed by atoms with van der Waals surface area (Å²) in [4.78, 5) is 17.9. The van der Waals surface area contributed by atoms with Crippen LogP contribution in [0.25, 0.3) is 0 Å². The Kier molecular flexibility index (Phi) is 4.37. The maximum atomic E-state index is 11.8. The largest absolute Gasteiger partial charge is 0.374 e. The highest BCUT2D eigenvalue weighted by molar-refractivity contribution is 6.29. The fraction of sp³-hybridized carbons (Fsp3) is 0.667. The molecule has 18 heavy (non-hydrogen) atoms. The van der Waals surface area contributed by atoms with Gasteiger partial charge in [-0.2, -0.15) is 0 Å². The van der Waals surface area contributed by atoms with Crippen LogP contribution >= 0.6 is 11.6 Å². The topological polar surface area (TPSA) is 47.4 Å². The molecular formula is C12H18ClN3O2.